The Morgan fingerprint density at radius 1 is 1.11 bits per heavy atom. The lowest BCUT2D eigenvalue weighted by Gasteiger charge is -2.27. The summed E-state index contributed by atoms with van der Waals surface area (Å²) in [6, 6.07) is 15.3. The van der Waals surface area contributed by atoms with E-state index >= 15 is 0 Å². The number of nitrogens with zero attached hydrogens (tertiary/aromatic N) is 2. The fourth-order valence-corrected chi connectivity index (χ4v) is 4.61. The standard InChI is InChI=1S/C27H28Cl2N4O4/c1-33-14-13-30-25-23(33)11-8-18(31-25)12-15-37-19-9-6-17(7-10-19)16-22(27(35)36-2)32-26(34)24-20(28)4-3-5-21(24)29/h3-11,22H,12-16H2,1-2H3,(H,30,31)(H,32,34)/t22-/m0/s1. The van der Waals surface area contributed by atoms with E-state index in [0.717, 1.165) is 35.9 Å². The number of fused-ring (bicyclic) bond motifs is 1. The van der Waals surface area contributed by atoms with Crippen molar-refractivity contribution in [3.8, 4) is 5.75 Å². The average Bonchev–Trinajstić information content (AvgIpc) is 2.89. The zero-order chi connectivity index (χ0) is 26.4. The monoisotopic (exact) mass is 542 g/mol. The van der Waals surface area contributed by atoms with E-state index in [1.807, 2.05) is 30.3 Å². The minimum absolute atomic E-state index is 0.111. The van der Waals surface area contributed by atoms with Gasteiger partial charge < -0.3 is 25.0 Å². The van der Waals surface area contributed by atoms with E-state index in [1.54, 1.807) is 18.2 Å². The van der Waals surface area contributed by atoms with Crippen LogP contribution < -0.4 is 20.3 Å². The van der Waals surface area contributed by atoms with Gasteiger partial charge in [-0.3, -0.25) is 4.79 Å². The number of ether oxygens (including phenoxy) is 2. The molecule has 10 heteroatoms. The first-order chi connectivity index (χ1) is 17.9. The number of esters is 1. The van der Waals surface area contributed by atoms with E-state index in [1.165, 1.54) is 7.11 Å². The number of benzene rings is 2. The van der Waals surface area contributed by atoms with Gasteiger partial charge in [0.2, 0.25) is 0 Å². The molecule has 1 atom stereocenters. The third kappa shape index (κ3) is 6.64. The number of carbonyl (C=O) groups excluding carboxylic acids is 2. The van der Waals surface area contributed by atoms with Crippen molar-refractivity contribution in [2.24, 2.45) is 0 Å². The smallest absolute Gasteiger partial charge is 0.328 e. The van der Waals surface area contributed by atoms with Gasteiger partial charge in [0.25, 0.3) is 5.91 Å². The first kappa shape index (κ1) is 26.6. The van der Waals surface area contributed by atoms with Crippen LogP contribution in [0.1, 0.15) is 21.6 Å². The second-order valence-electron chi connectivity index (χ2n) is 8.61. The molecular formula is C27H28Cl2N4O4. The van der Waals surface area contributed by atoms with Gasteiger partial charge in [-0.05, 0) is 42.0 Å². The second kappa shape index (κ2) is 12.2. The maximum atomic E-state index is 12.8. The van der Waals surface area contributed by atoms with E-state index in [4.69, 9.17) is 37.7 Å². The SMILES string of the molecule is COC(=O)[C@H](Cc1ccc(OCCc2ccc3c(n2)NCCN3C)cc1)NC(=O)c1c(Cl)cccc1Cl. The number of nitrogens with one attached hydrogen (secondary N) is 2. The fourth-order valence-electron chi connectivity index (χ4n) is 4.04. The Kier molecular flexibility index (Phi) is 8.74. The van der Waals surface area contributed by atoms with Gasteiger partial charge in [-0.15, -0.1) is 0 Å². The second-order valence-corrected chi connectivity index (χ2v) is 9.43. The zero-order valence-corrected chi connectivity index (χ0v) is 22.1. The molecule has 37 heavy (non-hydrogen) atoms. The lowest BCUT2D eigenvalue weighted by Crippen LogP contribution is -2.43. The molecular weight excluding hydrogens is 515 g/mol. The molecule has 1 amide bonds. The largest absolute Gasteiger partial charge is 0.493 e. The number of aromatic nitrogens is 1. The van der Waals surface area contributed by atoms with Gasteiger partial charge in [-0.1, -0.05) is 41.4 Å². The summed E-state index contributed by atoms with van der Waals surface area (Å²) >= 11 is 12.3. The highest BCUT2D eigenvalue weighted by Gasteiger charge is 2.25. The molecule has 0 spiro atoms. The minimum Gasteiger partial charge on any atom is -0.493 e. The Balaban J connectivity index is 1.34. The van der Waals surface area contributed by atoms with E-state index in [0.29, 0.717) is 18.8 Å². The topological polar surface area (TPSA) is 92.8 Å². The molecule has 0 saturated heterocycles. The van der Waals surface area contributed by atoms with Crippen LogP contribution in [0.4, 0.5) is 11.5 Å². The summed E-state index contributed by atoms with van der Waals surface area (Å²) in [5.41, 5.74) is 2.98. The molecule has 8 nitrogen and oxygen atoms in total. The van der Waals surface area contributed by atoms with Crippen molar-refractivity contribution in [3.63, 3.8) is 0 Å². The van der Waals surface area contributed by atoms with E-state index in [-0.39, 0.29) is 22.0 Å². The summed E-state index contributed by atoms with van der Waals surface area (Å²) in [6.45, 7) is 2.30. The molecule has 1 aliphatic heterocycles. The van der Waals surface area contributed by atoms with Crippen LogP contribution in [0.3, 0.4) is 0 Å². The molecule has 2 heterocycles. The van der Waals surface area contributed by atoms with Gasteiger partial charge in [0.05, 0.1) is 35.0 Å². The number of halogens is 2. The summed E-state index contributed by atoms with van der Waals surface area (Å²) < 4.78 is 10.8. The van der Waals surface area contributed by atoms with Gasteiger partial charge in [0, 0.05) is 38.7 Å². The lowest BCUT2D eigenvalue weighted by atomic mass is 10.0. The Labute approximate surface area is 225 Å². The van der Waals surface area contributed by atoms with Crippen LogP contribution in [0.2, 0.25) is 10.0 Å². The summed E-state index contributed by atoms with van der Waals surface area (Å²) in [5.74, 6) is 0.472. The highest BCUT2D eigenvalue weighted by Crippen LogP contribution is 2.26. The van der Waals surface area contributed by atoms with Crippen molar-refractivity contribution in [1.82, 2.24) is 10.3 Å². The van der Waals surface area contributed by atoms with Crippen LogP contribution in [0, 0.1) is 0 Å². The van der Waals surface area contributed by atoms with Crippen molar-refractivity contribution < 1.29 is 19.1 Å². The van der Waals surface area contributed by atoms with Gasteiger partial charge in [0.15, 0.2) is 0 Å². The van der Waals surface area contributed by atoms with Gasteiger partial charge in [0.1, 0.15) is 17.6 Å². The van der Waals surface area contributed by atoms with Crippen LogP contribution in [0.15, 0.2) is 54.6 Å². The predicted octanol–water partition coefficient (Wildman–Crippen LogP) is 4.39. The molecule has 1 aromatic heterocycles. The summed E-state index contributed by atoms with van der Waals surface area (Å²) in [6.07, 6.45) is 0.892. The molecule has 2 aromatic carbocycles. The molecule has 4 rings (SSSR count). The number of amides is 1. The van der Waals surface area contributed by atoms with Gasteiger partial charge >= 0.3 is 5.97 Å². The molecule has 0 radical (unpaired) electrons. The summed E-state index contributed by atoms with van der Waals surface area (Å²) in [4.78, 5) is 32.0. The number of carbonyl (C=O) groups is 2. The molecule has 2 N–H and O–H groups in total. The third-order valence-electron chi connectivity index (χ3n) is 6.05. The molecule has 1 aliphatic rings. The molecule has 0 unspecified atom stereocenters. The average molecular weight is 543 g/mol. The Morgan fingerprint density at radius 3 is 2.54 bits per heavy atom. The number of rotatable bonds is 9. The quantitative estimate of drug-likeness (QED) is 0.387. The first-order valence-electron chi connectivity index (χ1n) is 11.8. The normalized spacial score (nSPS) is 13.2. The van der Waals surface area contributed by atoms with E-state index < -0.39 is 17.9 Å². The van der Waals surface area contributed by atoms with Crippen molar-refractivity contribution in [1.29, 1.82) is 0 Å². The van der Waals surface area contributed by atoms with Crippen molar-refractivity contribution in [2.45, 2.75) is 18.9 Å². The first-order valence-corrected chi connectivity index (χ1v) is 12.6. The van der Waals surface area contributed by atoms with Crippen molar-refractivity contribution >= 4 is 46.6 Å². The van der Waals surface area contributed by atoms with Crippen LogP contribution in [0.25, 0.3) is 0 Å². The molecule has 0 aliphatic carbocycles. The number of likely N-dealkylation sites (N-methyl/N-ethyl adjacent to an activating group) is 1. The third-order valence-corrected chi connectivity index (χ3v) is 6.68. The summed E-state index contributed by atoms with van der Waals surface area (Å²) in [7, 11) is 3.33. The summed E-state index contributed by atoms with van der Waals surface area (Å²) in [5, 5.41) is 6.41. The van der Waals surface area contributed by atoms with Crippen LogP contribution in [-0.4, -0.2) is 56.8 Å². The van der Waals surface area contributed by atoms with E-state index in [2.05, 4.69) is 28.6 Å². The molecule has 194 valence electrons. The molecule has 0 bridgehead atoms. The highest BCUT2D eigenvalue weighted by atomic mass is 35.5. The number of anilines is 2. The highest BCUT2D eigenvalue weighted by molar-refractivity contribution is 6.39. The Bertz CT molecular complexity index is 1250. The Morgan fingerprint density at radius 2 is 1.84 bits per heavy atom. The Hall–Kier alpha value is -3.49. The zero-order valence-electron chi connectivity index (χ0n) is 20.6. The molecule has 3 aromatic rings. The molecule has 0 fully saturated rings. The minimum atomic E-state index is -0.917. The lowest BCUT2D eigenvalue weighted by molar-refractivity contribution is -0.142. The van der Waals surface area contributed by atoms with E-state index in [9.17, 15) is 9.59 Å². The maximum Gasteiger partial charge on any atom is 0.328 e. The van der Waals surface area contributed by atoms with Crippen molar-refractivity contribution in [2.75, 3.05) is 44.1 Å². The number of hydrogen-bond donors (Lipinski definition) is 2. The van der Waals surface area contributed by atoms with Gasteiger partial charge in [-0.2, -0.15) is 0 Å². The number of pyridine rings is 1. The van der Waals surface area contributed by atoms with Crippen molar-refractivity contribution in [3.05, 3.63) is 81.5 Å². The number of hydrogen-bond acceptors (Lipinski definition) is 7. The number of methoxy groups -OCH3 is 1. The van der Waals surface area contributed by atoms with Crippen LogP contribution >= 0.6 is 23.2 Å². The molecule has 0 saturated carbocycles. The van der Waals surface area contributed by atoms with Crippen LogP contribution in [-0.2, 0) is 22.4 Å². The maximum absolute atomic E-state index is 12.8. The predicted molar refractivity (Wildman–Crippen MR) is 145 cm³/mol. The fraction of sp³-hybridized carbons (Fsp3) is 0.296. The van der Waals surface area contributed by atoms with Gasteiger partial charge in [-0.25, -0.2) is 9.78 Å². The van der Waals surface area contributed by atoms with Crippen LogP contribution in [0.5, 0.6) is 5.75 Å².